The maximum atomic E-state index is 12.5. The van der Waals surface area contributed by atoms with Crippen LogP contribution in [0.1, 0.15) is 28.3 Å². The SMILES string of the molecule is O[C@@H]1Cc2ccccc2[C@H]1c1ccc(C(F)(F)F)cn1. The molecule has 20 heavy (non-hydrogen) atoms. The van der Waals surface area contributed by atoms with E-state index in [-0.39, 0.29) is 5.92 Å². The third kappa shape index (κ3) is 2.18. The molecule has 1 heterocycles. The molecule has 1 N–H and O–H groups in total. The lowest BCUT2D eigenvalue weighted by Crippen LogP contribution is -2.16. The van der Waals surface area contributed by atoms with Crippen LogP contribution in [0.2, 0.25) is 0 Å². The minimum absolute atomic E-state index is 0.353. The van der Waals surface area contributed by atoms with E-state index in [9.17, 15) is 18.3 Å². The van der Waals surface area contributed by atoms with E-state index in [0.29, 0.717) is 12.1 Å². The predicted octanol–water partition coefficient (Wildman–Crippen LogP) is 3.15. The van der Waals surface area contributed by atoms with Gasteiger partial charge in [0.05, 0.1) is 23.3 Å². The average Bonchev–Trinajstić information content (AvgIpc) is 2.73. The van der Waals surface area contributed by atoms with E-state index in [1.807, 2.05) is 24.3 Å². The minimum Gasteiger partial charge on any atom is -0.392 e. The molecule has 104 valence electrons. The topological polar surface area (TPSA) is 33.1 Å². The zero-order chi connectivity index (χ0) is 14.3. The van der Waals surface area contributed by atoms with Crippen LogP contribution < -0.4 is 0 Å². The molecule has 3 rings (SSSR count). The summed E-state index contributed by atoms with van der Waals surface area (Å²) in [6.07, 6.45) is -3.71. The van der Waals surface area contributed by atoms with Crippen molar-refractivity contribution in [1.82, 2.24) is 4.98 Å². The van der Waals surface area contributed by atoms with Crippen molar-refractivity contribution < 1.29 is 18.3 Å². The normalized spacial score (nSPS) is 21.8. The highest BCUT2D eigenvalue weighted by Gasteiger charge is 2.34. The van der Waals surface area contributed by atoms with Gasteiger partial charge in [0.2, 0.25) is 0 Å². The molecule has 2 atom stereocenters. The van der Waals surface area contributed by atoms with Gasteiger partial charge in [-0.1, -0.05) is 24.3 Å². The van der Waals surface area contributed by atoms with Crippen LogP contribution in [0.15, 0.2) is 42.6 Å². The van der Waals surface area contributed by atoms with Crippen molar-refractivity contribution in [3.8, 4) is 0 Å². The van der Waals surface area contributed by atoms with E-state index in [2.05, 4.69) is 4.98 Å². The third-order valence-corrected chi connectivity index (χ3v) is 3.64. The molecule has 0 spiro atoms. The highest BCUT2D eigenvalue weighted by atomic mass is 19.4. The van der Waals surface area contributed by atoms with E-state index in [1.54, 1.807) is 0 Å². The van der Waals surface area contributed by atoms with Gasteiger partial charge in [0.1, 0.15) is 0 Å². The van der Waals surface area contributed by atoms with Gasteiger partial charge in [0.25, 0.3) is 0 Å². The number of aromatic nitrogens is 1. The van der Waals surface area contributed by atoms with Crippen molar-refractivity contribution in [2.45, 2.75) is 24.6 Å². The number of hydrogen-bond acceptors (Lipinski definition) is 2. The van der Waals surface area contributed by atoms with Crippen molar-refractivity contribution in [3.05, 3.63) is 65.0 Å². The molecule has 2 nitrogen and oxygen atoms in total. The van der Waals surface area contributed by atoms with Crippen LogP contribution in [0.5, 0.6) is 0 Å². The van der Waals surface area contributed by atoms with Crippen LogP contribution >= 0.6 is 0 Å². The van der Waals surface area contributed by atoms with Crippen molar-refractivity contribution in [2.75, 3.05) is 0 Å². The highest BCUT2D eigenvalue weighted by Crippen LogP contribution is 2.38. The summed E-state index contributed by atoms with van der Waals surface area (Å²) < 4.78 is 37.6. The third-order valence-electron chi connectivity index (χ3n) is 3.64. The molecule has 1 aliphatic carbocycles. The lowest BCUT2D eigenvalue weighted by molar-refractivity contribution is -0.137. The monoisotopic (exact) mass is 279 g/mol. The molecule has 0 bridgehead atoms. The van der Waals surface area contributed by atoms with Gasteiger partial charge in [-0.3, -0.25) is 4.98 Å². The maximum Gasteiger partial charge on any atom is 0.417 e. The van der Waals surface area contributed by atoms with Gasteiger partial charge >= 0.3 is 6.18 Å². The number of aliphatic hydroxyl groups is 1. The van der Waals surface area contributed by atoms with Gasteiger partial charge in [-0.25, -0.2) is 0 Å². The smallest absolute Gasteiger partial charge is 0.392 e. The standard InChI is InChI=1S/C15H12F3NO/c16-15(17,18)10-5-6-12(19-8-10)14-11-4-2-1-3-9(11)7-13(14)20/h1-6,8,13-14,20H,7H2/t13-,14+/m1/s1. The molecule has 0 saturated carbocycles. The predicted molar refractivity (Wildman–Crippen MR) is 67.2 cm³/mol. The average molecular weight is 279 g/mol. The summed E-state index contributed by atoms with van der Waals surface area (Å²) >= 11 is 0. The van der Waals surface area contributed by atoms with Crippen LogP contribution in [-0.4, -0.2) is 16.2 Å². The molecule has 2 aromatic rings. The maximum absolute atomic E-state index is 12.5. The first-order chi connectivity index (χ1) is 9.47. The molecule has 0 unspecified atom stereocenters. The first kappa shape index (κ1) is 13.1. The fourth-order valence-corrected chi connectivity index (χ4v) is 2.69. The van der Waals surface area contributed by atoms with Gasteiger partial charge in [0.15, 0.2) is 0 Å². The lowest BCUT2D eigenvalue weighted by atomic mass is 9.95. The molecule has 0 fully saturated rings. The molecule has 1 aromatic heterocycles. The molecule has 0 saturated heterocycles. The molecule has 0 amide bonds. The molecule has 1 aromatic carbocycles. The van der Waals surface area contributed by atoms with Gasteiger partial charge in [-0.2, -0.15) is 13.2 Å². The van der Waals surface area contributed by atoms with Crippen LogP contribution in [-0.2, 0) is 12.6 Å². The van der Waals surface area contributed by atoms with Crippen molar-refractivity contribution in [2.24, 2.45) is 0 Å². The fraction of sp³-hybridized carbons (Fsp3) is 0.267. The Kier molecular flexibility index (Phi) is 3.01. The Bertz CT molecular complexity index is 622. The number of aliphatic hydroxyl groups excluding tert-OH is 1. The molecule has 0 radical (unpaired) electrons. The largest absolute Gasteiger partial charge is 0.417 e. The van der Waals surface area contributed by atoms with Gasteiger partial charge in [-0.05, 0) is 29.7 Å². The zero-order valence-electron chi connectivity index (χ0n) is 10.4. The highest BCUT2D eigenvalue weighted by molar-refractivity contribution is 5.42. The summed E-state index contributed by atoms with van der Waals surface area (Å²) in [5, 5.41) is 10.1. The number of halogens is 3. The summed E-state index contributed by atoms with van der Waals surface area (Å²) in [5.41, 5.74) is 1.65. The summed E-state index contributed by atoms with van der Waals surface area (Å²) in [6.45, 7) is 0. The first-order valence-electron chi connectivity index (χ1n) is 6.26. The Balaban J connectivity index is 1.98. The van der Waals surface area contributed by atoms with Crippen LogP contribution in [0, 0.1) is 0 Å². The van der Waals surface area contributed by atoms with Gasteiger partial charge in [0, 0.05) is 6.20 Å². The fourth-order valence-electron chi connectivity index (χ4n) is 2.69. The Labute approximate surface area is 113 Å². The van der Waals surface area contributed by atoms with Crippen LogP contribution in [0.25, 0.3) is 0 Å². The van der Waals surface area contributed by atoms with E-state index >= 15 is 0 Å². The van der Waals surface area contributed by atoms with Gasteiger partial charge < -0.3 is 5.11 Å². The van der Waals surface area contributed by atoms with Crippen molar-refractivity contribution >= 4 is 0 Å². The summed E-state index contributed by atoms with van der Waals surface area (Å²) in [5.74, 6) is -0.353. The van der Waals surface area contributed by atoms with Crippen LogP contribution in [0.4, 0.5) is 13.2 Å². The number of nitrogens with zero attached hydrogens (tertiary/aromatic N) is 1. The minimum atomic E-state index is -4.39. The Morgan fingerprint density at radius 2 is 1.85 bits per heavy atom. The second-order valence-electron chi connectivity index (χ2n) is 4.92. The summed E-state index contributed by atoms with van der Waals surface area (Å²) in [7, 11) is 0. The molecule has 1 aliphatic rings. The number of fused-ring (bicyclic) bond motifs is 1. The van der Waals surface area contributed by atoms with Crippen LogP contribution in [0.3, 0.4) is 0 Å². The van der Waals surface area contributed by atoms with E-state index in [4.69, 9.17) is 0 Å². The van der Waals surface area contributed by atoms with E-state index in [1.165, 1.54) is 6.07 Å². The number of benzene rings is 1. The molecular weight excluding hydrogens is 267 g/mol. The Morgan fingerprint density at radius 3 is 2.50 bits per heavy atom. The summed E-state index contributed by atoms with van der Waals surface area (Å²) in [4.78, 5) is 3.90. The molecule has 5 heteroatoms. The van der Waals surface area contributed by atoms with Gasteiger partial charge in [-0.15, -0.1) is 0 Å². The summed E-state index contributed by atoms with van der Waals surface area (Å²) in [6, 6.07) is 9.90. The number of alkyl halides is 3. The second-order valence-corrected chi connectivity index (χ2v) is 4.92. The lowest BCUT2D eigenvalue weighted by Gasteiger charge is -2.16. The molecule has 0 aliphatic heterocycles. The van der Waals surface area contributed by atoms with E-state index < -0.39 is 17.8 Å². The second kappa shape index (κ2) is 4.59. The number of hydrogen-bond donors (Lipinski definition) is 1. The quantitative estimate of drug-likeness (QED) is 0.870. The van der Waals surface area contributed by atoms with Crippen molar-refractivity contribution in [1.29, 1.82) is 0 Å². The number of pyridine rings is 1. The van der Waals surface area contributed by atoms with E-state index in [0.717, 1.165) is 23.4 Å². The Hall–Kier alpha value is -1.88. The first-order valence-corrected chi connectivity index (χ1v) is 6.26. The number of rotatable bonds is 1. The zero-order valence-corrected chi connectivity index (χ0v) is 10.4. The molecular formula is C15H12F3NO. The van der Waals surface area contributed by atoms with Crippen molar-refractivity contribution in [3.63, 3.8) is 0 Å². The Morgan fingerprint density at radius 1 is 1.10 bits per heavy atom.